The largest absolute Gasteiger partial charge is 0.376 e. The van der Waals surface area contributed by atoms with E-state index >= 15 is 0 Å². The summed E-state index contributed by atoms with van der Waals surface area (Å²) in [6.07, 6.45) is 0.861. The number of sulfonamides is 1. The predicted molar refractivity (Wildman–Crippen MR) is 112 cm³/mol. The Morgan fingerprint density at radius 1 is 1.11 bits per heavy atom. The number of nitrogens with one attached hydrogen (secondary N) is 1. The minimum absolute atomic E-state index is 0.00251. The van der Waals surface area contributed by atoms with Gasteiger partial charge in [-0.25, -0.2) is 8.42 Å². The van der Waals surface area contributed by atoms with Crippen LogP contribution >= 0.6 is 0 Å². The van der Waals surface area contributed by atoms with Gasteiger partial charge in [-0.3, -0.25) is 4.79 Å². The highest BCUT2D eigenvalue weighted by atomic mass is 32.2. The first-order valence-electron chi connectivity index (χ1n) is 9.62. The third-order valence-electron chi connectivity index (χ3n) is 5.12. The lowest BCUT2D eigenvalue weighted by atomic mass is 10.1. The molecule has 0 bridgehead atoms. The Morgan fingerprint density at radius 2 is 1.75 bits per heavy atom. The van der Waals surface area contributed by atoms with Crippen molar-refractivity contribution in [1.29, 1.82) is 0 Å². The third-order valence-corrected chi connectivity index (χ3v) is 7.18. The van der Waals surface area contributed by atoms with Crippen molar-refractivity contribution in [2.45, 2.75) is 38.1 Å². The van der Waals surface area contributed by atoms with Crippen molar-refractivity contribution in [2.75, 3.05) is 29.9 Å². The molecule has 28 heavy (non-hydrogen) atoms. The van der Waals surface area contributed by atoms with Gasteiger partial charge >= 0.3 is 0 Å². The number of amides is 1. The lowest BCUT2D eigenvalue weighted by Gasteiger charge is -2.23. The minimum atomic E-state index is -3.47. The van der Waals surface area contributed by atoms with Crippen LogP contribution in [-0.4, -0.2) is 44.3 Å². The summed E-state index contributed by atoms with van der Waals surface area (Å²) in [6.45, 7) is 6.71. The van der Waals surface area contributed by atoms with Crippen molar-refractivity contribution >= 4 is 27.3 Å². The normalized spacial score (nSPS) is 16.3. The van der Waals surface area contributed by atoms with E-state index in [0.29, 0.717) is 18.8 Å². The van der Waals surface area contributed by atoms with E-state index in [9.17, 15) is 13.2 Å². The van der Waals surface area contributed by atoms with Crippen LogP contribution in [0.1, 0.15) is 26.3 Å². The molecule has 0 saturated carbocycles. The molecule has 2 aromatic rings. The Labute approximate surface area is 167 Å². The highest BCUT2D eigenvalue weighted by Gasteiger charge is 2.30. The van der Waals surface area contributed by atoms with Gasteiger partial charge in [0.1, 0.15) is 0 Å². The summed E-state index contributed by atoms with van der Waals surface area (Å²) in [5, 5.41) is 3.11. The zero-order valence-electron chi connectivity index (χ0n) is 16.6. The first-order chi connectivity index (χ1) is 13.4. The molecule has 1 aliphatic rings. The molecule has 150 valence electrons. The van der Waals surface area contributed by atoms with Crippen molar-refractivity contribution in [3.63, 3.8) is 0 Å². The van der Waals surface area contributed by atoms with Crippen LogP contribution in [0.25, 0.3) is 0 Å². The first-order valence-corrected chi connectivity index (χ1v) is 11.1. The van der Waals surface area contributed by atoms with E-state index in [-0.39, 0.29) is 23.4 Å². The van der Waals surface area contributed by atoms with Gasteiger partial charge in [-0.05, 0) is 49.2 Å². The molecule has 0 spiro atoms. The number of nitrogens with zero attached hydrogens (tertiary/aromatic N) is 2. The SMILES string of the molecule is CCN(CC)S(=O)(=O)c1ccc(NCC(=O)N2c3ccccc3CC2C)cc1. The Morgan fingerprint density at radius 3 is 2.39 bits per heavy atom. The van der Waals surface area contributed by atoms with Crippen LogP contribution in [0.15, 0.2) is 53.4 Å². The summed E-state index contributed by atoms with van der Waals surface area (Å²) >= 11 is 0. The number of carbonyl (C=O) groups excluding carboxylic acids is 1. The van der Waals surface area contributed by atoms with Gasteiger partial charge in [0.15, 0.2) is 0 Å². The molecule has 0 aromatic heterocycles. The maximum absolute atomic E-state index is 12.7. The number of benzene rings is 2. The molecule has 1 aliphatic heterocycles. The van der Waals surface area contributed by atoms with Crippen LogP contribution in [0.5, 0.6) is 0 Å². The zero-order valence-corrected chi connectivity index (χ0v) is 17.4. The molecular formula is C21H27N3O3S. The van der Waals surface area contributed by atoms with Gasteiger partial charge in [0.25, 0.3) is 0 Å². The molecule has 1 atom stereocenters. The second kappa shape index (κ2) is 8.32. The second-order valence-electron chi connectivity index (χ2n) is 6.91. The Balaban J connectivity index is 1.66. The third kappa shape index (κ3) is 3.91. The fourth-order valence-electron chi connectivity index (χ4n) is 3.67. The number of anilines is 2. The number of hydrogen-bond acceptors (Lipinski definition) is 4. The van der Waals surface area contributed by atoms with Crippen LogP contribution < -0.4 is 10.2 Å². The molecule has 1 unspecified atom stereocenters. The summed E-state index contributed by atoms with van der Waals surface area (Å²) in [4.78, 5) is 14.8. The van der Waals surface area contributed by atoms with Crippen molar-refractivity contribution in [1.82, 2.24) is 4.31 Å². The summed E-state index contributed by atoms with van der Waals surface area (Å²) in [5.41, 5.74) is 2.88. The smallest absolute Gasteiger partial charge is 0.246 e. The minimum Gasteiger partial charge on any atom is -0.376 e. The van der Waals surface area contributed by atoms with E-state index in [1.54, 1.807) is 24.3 Å². The molecule has 3 rings (SSSR count). The number of fused-ring (bicyclic) bond motifs is 1. The molecule has 0 fully saturated rings. The molecule has 0 aliphatic carbocycles. The fraction of sp³-hybridized carbons (Fsp3) is 0.381. The van der Waals surface area contributed by atoms with E-state index in [1.807, 2.05) is 43.9 Å². The number of hydrogen-bond donors (Lipinski definition) is 1. The van der Waals surface area contributed by atoms with Gasteiger partial charge < -0.3 is 10.2 Å². The van der Waals surface area contributed by atoms with Crippen LogP contribution in [0.3, 0.4) is 0 Å². The van der Waals surface area contributed by atoms with Crippen molar-refractivity contribution in [3.8, 4) is 0 Å². The lowest BCUT2D eigenvalue weighted by Crippen LogP contribution is -2.39. The average Bonchev–Trinajstić information content (AvgIpc) is 3.03. The number of rotatable bonds is 7. The second-order valence-corrected chi connectivity index (χ2v) is 8.85. The van der Waals surface area contributed by atoms with Gasteiger partial charge in [0.2, 0.25) is 15.9 Å². The maximum Gasteiger partial charge on any atom is 0.246 e. The average molecular weight is 402 g/mol. The van der Waals surface area contributed by atoms with Crippen LogP contribution in [0, 0.1) is 0 Å². The summed E-state index contributed by atoms with van der Waals surface area (Å²) in [7, 11) is -3.47. The molecular weight excluding hydrogens is 374 g/mol. The summed E-state index contributed by atoms with van der Waals surface area (Å²) in [6, 6.07) is 14.7. The topological polar surface area (TPSA) is 69.7 Å². The standard InChI is InChI=1S/C21H27N3O3S/c1-4-23(5-2)28(26,27)19-12-10-18(11-13-19)22-15-21(25)24-16(3)14-17-8-6-7-9-20(17)24/h6-13,16,22H,4-5,14-15H2,1-3H3. The number of para-hydroxylation sites is 1. The Bertz CT molecular complexity index is 938. The first kappa shape index (κ1) is 20.4. The Kier molecular flexibility index (Phi) is 6.05. The molecule has 7 heteroatoms. The van der Waals surface area contributed by atoms with Gasteiger partial charge in [0.05, 0.1) is 11.4 Å². The van der Waals surface area contributed by atoms with E-state index in [0.717, 1.165) is 12.1 Å². The van der Waals surface area contributed by atoms with Crippen molar-refractivity contribution in [3.05, 3.63) is 54.1 Å². The maximum atomic E-state index is 12.7. The quantitative estimate of drug-likeness (QED) is 0.774. The van der Waals surface area contributed by atoms with E-state index < -0.39 is 10.0 Å². The highest BCUT2D eigenvalue weighted by molar-refractivity contribution is 7.89. The van der Waals surface area contributed by atoms with Crippen LogP contribution in [0.2, 0.25) is 0 Å². The molecule has 1 heterocycles. The molecule has 1 N–H and O–H groups in total. The van der Waals surface area contributed by atoms with Gasteiger partial charge in [0, 0.05) is 30.5 Å². The molecule has 2 aromatic carbocycles. The van der Waals surface area contributed by atoms with Crippen molar-refractivity contribution < 1.29 is 13.2 Å². The predicted octanol–water partition coefficient (Wildman–Crippen LogP) is 3.11. The van der Waals surface area contributed by atoms with Gasteiger partial charge in [-0.2, -0.15) is 4.31 Å². The summed E-state index contributed by atoms with van der Waals surface area (Å²) < 4.78 is 26.5. The highest BCUT2D eigenvalue weighted by Crippen LogP contribution is 2.31. The molecule has 0 saturated heterocycles. The monoisotopic (exact) mass is 401 g/mol. The number of carbonyl (C=O) groups is 1. The van der Waals surface area contributed by atoms with Gasteiger partial charge in [-0.1, -0.05) is 32.0 Å². The van der Waals surface area contributed by atoms with E-state index in [4.69, 9.17) is 0 Å². The van der Waals surface area contributed by atoms with Crippen LogP contribution in [0.4, 0.5) is 11.4 Å². The van der Waals surface area contributed by atoms with Gasteiger partial charge in [-0.15, -0.1) is 0 Å². The zero-order chi connectivity index (χ0) is 20.3. The van der Waals surface area contributed by atoms with Crippen LogP contribution in [-0.2, 0) is 21.2 Å². The van der Waals surface area contributed by atoms with Crippen molar-refractivity contribution in [2.24, 2.45) is 0 Å². The summed E-state index contributed by atoms with van der Waals surface area (Å²) in [5.74, 6) is -0.00251. The van der Waals surface area contributed by atoms with E-state index in [1.165, 1.54) is 9.87 Å². The molecule has 6 nitrogen and oxygen atoms in total. The molecule has 1 amide bonds. The lowest BCUT2D eigenvalue weighted by molar-refractivity contribution is -0.117. The fourth-order valence-corrected chi connectivity index (χ4v) is 5.12. The Hall–Kier alpha value is -2.38. The van der Waals surface area contributed by atoms with E-state index in [2.05, 4.69) is 11.4 Å². The molecule has 0 radical (unpaired) electrons.